The fourth-order valence-corrected chi connectivity index (χ4v) is 3.46. The highest BCUT2D eigenvalue weighted by molar-refractivity contribution is 6.35. The number of methoxy groups -OCH3 is 2. The molecule has 0 aliphatic carbocycles. The Morgan fingerprint density at radius 1 is 1.26 bits per heavy atom. The van der Waals surface area contributed by atoms with Gasteiger partial charge in [-0.25, -0.2) is 4.79 Å². The number of hydrogen-bond donors (Lipinski definition) is 1. The third-order valence-electron chi connectivity index (χ3n) is 4.37. The number of ether oxygens (including phenoxy) is 3. The Hall–Kier alpha value is -1.87. The second-order valence-electron chi connectivity index (χ2n) is 6.17. The number of rotatable bonds is 5. The number of hydrogen-bond acceptors (Lipinski definition) is 7. The summed E-state index contributed by atoms with van der Waals surface area (Å²) in [5.41, 5.74) is 1.11. The van der Waals surface area contributed by atoms with E-state index in [0.717, 1.165) is 0 Å². The summed E-state index contributed by atoms with van der Waals surface area (Å²) in [4.78, 5) is 29.6. The lowest BCUT2D eigenvalue weighted by Gasteiger charge is -2.25. The van der Waals surface area contributed by atoms with Gasteiger partial charge in [0.2, 0.25) is 0 Å². The van der Waals surface area contributed by atoms with E-state index in [2.05, 4.69) is 15.2 Å². The number of oxime groups is 1. The van der Waals surface area contributed by atoms with Crippen molar-refractivity contribution in [3.05, 3.63) is 33.8 Å². The van der Waals surface area contributed by atoms with E-state index < -0.39 is 23.8 Å². The first-order chi connectivity index (χ1) is 12.9. The molecule has 0 aromatic heterocycles. The smallest absolute Gasteiger partial charge is 0.335 e. The zero-order chi connectivity index (χ0) is 19.6. The Bertz CT molecular complexity index is 766. The molecule has 0 saturated carbocycles. The van der Waals surface area contributed by atoms with Crippen LogP contribution in [0.25, 0.3) is 0 Å². The maximum absolute atomic E-state index is 12.8. The molecule has 3 atom stereocenters. The molecule has 2 heterocycles. The molecule has 1 N–H and O–H groups in total. The fourth-order valence-electron chi connectivity index (χ4n) is 2.93. The number of esters is 1. The third-order valence-corrected chi connectivity index (χ3v) is 4.81. The van der Waals surface area contributed by atoms with Gasteiger partial charge in [0.15, 0.2) is 6.10 Å². The van der Waals surface area contributed by atoms with Crippen LogP contribution in [-0.4, -0.2) is 56.3 Å². The van der Waals surface area contributed by atoms with Crippen molar-refractivity contribution < 1.29 is 28.6 Å². The molecule has 1 fully saturated rings. The van der Waals surface area contributed by atoms with Crippen molar-refractivity contribution in [3.63, 3.8) is 0 Å². The van der Waals surface area contributed by atoms with Crippen LogP contribution in [0.15, 0.2) is 23.4 Å². The van der Waals surface area contributed by atoms with E-state index in [4.69, 9.17) is 37.5 Å². The molecule has 1 amide bonds. The van der Waals surface area contributed by atoms with Crippen LogP contribution in [0.3, 0.4) is 0 Å². The Morgan fingerprint density at radius 3 is 2.59 bits per heavy atom. The number of amides is 1. The fraction of sp³-hybridized carbons (Fsp3) is 0.471. The van der Waals surface area contributed by atoms with Gasteiger partial charge in [-0.15, -0.1) is 0 Å². The van der Waals surface area contributed by atoms with Crippen LogP contribution in [-0.2, 0) is 28.6 Å². The van der Waals surface area contributed by atoms with E-state index in [9.17, 15) is 9.59 Å². The number of halogens is 2. The van der Waals surface area contributed by atoms with Crippen LogP contribution in [0.4, 0.5) is 0 Å². The molecule has 3 unspecified atom stereocenters. The van der Waals surface area contributed by atoms with Crippen molar-refractivity contribution in [2.24, 2.45) is 5.16 Å². The van der Waals surface area contributed by atoms with E-state index in [1.54, 1.807) is 18.2 Å². The van der Waals surface area contributed by atoms with Gasteiger partial charge in [-0.3, -0.25) is 4.79 Å². The molecule has 0 bridgehead atoms. The van der Waals surface area contributed by atoms with Gasteiger partial charge in [-0.05, 0) is 18.2 Å². The maximum atomic E-state index is 12.8. The maximum Gasteiger partial charge on any atom is 0.335 e. The largest absolute Gasteiger partial charge is 0.467 e. The summed E-state index contributed by atoms with van der Waals surface area (Å²) in [5, 5.41) is 7.62. The molecule has 1 aromatic rings. The number of nitrogens with zero attached hydrogens (tertiary/aromatic N) is 1. The Balaban J connectivity index is 1.67. The minimum absolute atomic E-state index is 0.0695. The molecular formula is C17H18Cl2N2O6. The van der Waals surface area contributed by atoms with Crippen LogP contribution in [0.5, 0.6) is 0 Å². The molecule has 0 radical (unpaired) electrons. The van der Waals surface area contributed by atoms with Gasteiger partial charge in [0.25, 0.3) is 5.91 Å². The highest BCUT2D eigenvalue weighted by atomic mass is 35.5. The van der Waals surface area contributed by atoms with Crippen LogP contribution in [0.1, 0.15) is 18.4 Å². The molecule has 10 heteroatoms. The van der Waals surface area contributed by atoms with Crippen LogP contribution in [0, 0.1) is 0 Å². The minimum atomic E-state index is -1.62. The van der Waals surface area contributed by atoms with Gasteiger partial charge in [-0.2, -0.15) is 0 Å². The van der Waals surface area contributed by atoms with Crippen molar-refractivity contribution in [3.8, 4) is 0 Å². The normalized spacial score (nSPS) is 27.0. The van der Waals surface area contributed by atoms with E-state index in [1.807, 2.05) is 0 Å². The quantitative estimate of drug-likeness (QED) is 0.736. The SMILES string of the molecule is COC(=O)C1CC(NC(=O)C2(OC)CC(c3cc(Cl)cc(Cl)c3)=NO2)CO1. The average molecular weight is 417 g/mol. The first-order valence-corrected chi connectivity index (χ1v) is 8.89. The zero-order valence-electron chi connectivity index (χ0n) is 14.7. The summed E-state index contributed by atoms with van der Waals surface area (Å²) in [6.45, 7) is 0.183. The Kier molecular flexibility index (Phi) is 5.90. The molecule has 2 aliphatic heterocycles. The summed E-state index contributed by atoms with van der Waals surface area (Å²) in [6.07, 6.45) is -0.334. The minimum Gasteiger partial charge on any atom is -0.467 e. The molecule has 1 aromatic carbocycles. The predicted molar refractivity (Wildman–Crippen MR) is 96.7 cm³/mol. The van der Waals surface area contributed by atoms with Gasteiger partial charge in [-0.1, -0.05) is 28.4 Å². The lowest BCUT2D eigenvalue weighted by molar-refractivity contribution is -0.209. The second-order valence-corrected chi connectivity index (χ2v) is 7.05. The third kappa shape index (κ3) is 4.19. The van der Waals surface area contributed by atoms with Gasteiger partial charge >= 0.3 is 11.8 Å². The highest BCUT2D eigenvalue weighted by Crippen LogP contribution is 2.30. The second kappa shape index (κ2) is 8.02. The van der Waals surface area contributed by atoms with E-state index in [-0.39, 0.29) is 19.1 Å². The number of carbonyl (C=O) groups is 2. The Labute approximate surface area is 165 Å². The summed E-state index contributed by atoms with van der Waals surface area (Å²) >= 11 is 12.0. The van der Waals surface area contributed by atoms with Gasteiger partial charge in [0.1, 0.15) is 0 Å². The molecule has 8 nitrogen and oxygen atoms in total. The average Bonchev–Trinajstić information content (AvgIpc) is 3.28. The van der Waals surface area contributed by atoms with E-state index in [1.165, 1.54) is 14.2 Å². The zero-order valence-corrected chi connectivity index (χ0v) is 16.2. The van der Waals surface area contributed by atoms with Crippen LogP contribution >= 0.6 is 23.2 Å². The van der Waals surface area contributed by atoms with Crippen molar-refractivity contribution >= 4 is 40.8 Å². The van der Waals surface area contributed by atoms with Gasteiger partial charge in [0, 0.05) is 29.1 Å². The van der Waals surface area contributed by atoms with Crippen molar-refractivity contribution in [1.29, 1.82) is 0 Å². The van der Waals surface area contributed by atoms with E-state index >= 15 is 0 Å². The number of nitrogens with one attached hydrogen (secondary N) is 1. The first-order valence-electron chi connectivity index (χ1n) is 8.14. The van der Waals surface area contributed by atoms with Gasteiger partial charge in [0.05, 0.1) is 31.9 Å². The summed E-state index contributed by atoms with van der Waals surface area (Å²) in [6, 6.07) is 4.56. The molecular weight excluding hydrogens is 399 g/mol. The summed E-state index contributed by atoms with van der Waals surface area (Å²) in [7, 11) is 2.64. The molecule has 2 aliphatic rings. The molecule has 146 valence electrons. The van der Waals surface area contributed by atoms with E-state index in [0.29, 0.717) is 27.7 Å². The Morgan fingerprint density at radius 2 is 1.96 bits per heavy atom. The standard InChI is InChI=1S/C17H18Cl2N2O6/c1-24-15(22)14-6-12(8-26-14)20-16(23)17(25-2)7-13(21-27-17)9-3-10(18)5-11(19)4-9/h3-5,12,14H,6-8H2,1-2H3,(H,20,23). The molecule has 1 saturated heterocycles. The van der Waals surface area contributed by atoms with Crippen LogP contribution < -0.4 is 5.32 Å². The topological polar surface area (TPSA) is 95.5 Å². The summed E-state index contributed by atoms with van der Waals surface area (Å²) in [5.74, 6) is -2.61. The summed E-state index contributed by atoms with van der Waals surface area (Å²) < 4.78 is 15.3. The predicted octanol–water partition coefficient (Wildman–Crippen LogP) is 1.91. The number of carbonyl (C=O) groups excluding carboxylic acids is 2. The molecule has 0 spiro atoms. The molecule has 3 rings (SSSR count). The highest BCUT2D eigenvalue weighted by Gasteiger charge is 2.49. The number of benzene rings is 1. The van der Waals surface area contributed by atoms with Crippen LogP contribution in [0.2, 0.25) is 10.0 Å². The lowest BCUT2D eigenvalue weighted by atomic mass is 10.0. The lowest BCUT2D eigenvalue weighted by Crippen LogP contribution is -2.52. The first kappa shape index (κ1) is 19.9. The van der Waals surface area contributed by atoms with Gasteiger partial charge < -0.3 is 24.4 Å². The molecule has 27 heavy (non-hydrogen) atoms. The van der Waals surface area contributed by atoms with Crippen molar-refractivity contribution in [2.75, 3.05) is 20.8 Å². The van der Waals surface area contributed by atoms with Crippen molar-refractivity contribution in [1.82, 2.24) is 5.32 Å². The van der Waals surface area contributed by atoms with Crippen molar-refractivity contribution in [2.45, 2.75) is 30.8 Å². The monoisotopic (exact) mass is 416 g/mol.